The minimum atomic E-state index is -4.75. The summed E-state index contributed by atoms with van der Waals surface area (Å²) in [6, 6.07) is 6.41. The van der Waals surface area contributed by atoms with E-state index in [0.717, 1.165) is 16.4 Å². The molecule has 0 unspecified atom stereocenters. The molecule has 2 heterocycles. The maximum absolute atomic E-state index is 13.8. The molecule has 1 aliphatic heterocycles. The molecule has 0 N–H and O–H groups in total. The number of piperidine rings is 1. The van der Waals surface area contributed by atoms with Gasteiger partial charge in [0.15, 0.2) is 5.69 Å². The number of carbonyl (C=O) groups excluding carboxylic acids is 2. The number of carbonyl (C=O) groups is 2. The van der Waals surface area contributed by atoms with Crippen LogP contribution in [0, 0.1) is 12.8 Å². The number of halogens is 3. The SMILES string of the molecule is CCOC(=O)C1CCN(C(=O)c2cnn(-c3ccc(C)cc3)c2C(F)(F)F)CC1. The number of rotatable bonds is 4. The van der Waals surface area contributed by atoms with Crippen LogP contribution >= 0.6 is 0 Å². The minimum absolute atomic E-state index is 0.190. The van der Waals surface area contributed by atoms with Crippen LogP contribution < -0.4 is 0 Å². The van der Waals surface area contributed by atoms with Crippen molar-refractivity contribution in [1.82, 2.24) is 14.7 Å². The molecule has 29 heavy (non-hydrogen) atoms. The second-order valence-electron chi connectivity index (χ2n) is 6.97. The van der Waals surface area contributed by atoms with Crippen LogP contribution in [0.1, 0.15) is 41.4 Å². The second kappa shape index (κ2) is 8.26. The van der Waals surface area contributed by atoms with Gasteiger partial charge in [-0.25, -0.2) is 4.68 Å². The molecule has 156 valence electrons. The molecule has 1 fully saturated rings. The first-order valence-electron chi connectivity index (χ1n) is 9.40. The Kier molecular flexibility index (Phi) is 5.95. The van der Waals surface area contributed by atoms with Crippen molar-refractivity contribution in [2.24, 2.45) is 5.92 Å². The summed E-state index contributed by atoms with van der Waals surface area (Å²) in [5.74, 6) is -1.41. The highest BCUT2D eigenvalue weighted by atomic mass is 19.4. The van der Waals surface area contributed by atoms with Gasteiger partial charge in [-0.05, 0) is 38.8 Å². The van der Waals surface area contributed by atoms with E-state index in [-0.39, 0.29) is 37.3 Å². The number of ether oxygens (including phenoxy) is 1. The number of aryl methyl sites for hydroxylation is 1. The average Bonchev–Trinajstić information content (AvgIpc) is 3.14. The Labute approximate surface area is 166 Å². The first-order chi connectivity index (χ1) is 13.7. The molecule has 0 spiro atoms. The van der Waals surface area contributed by atoms with Crippen LogP contribution in [0.4, 0.5) is 13.2 Å². The van der Waals surface area contributed by atoms with E-state index in [4.69, 9.17) is 4.74 Å². The monoisotopic (exact) mass is 409 g/mol. The Morgan fingerprint density at radius 3 is 2.34 bits per heavy atom. The maximum Gasteiger partial charge on any atom is 0.434 e. The molecule has 1 aromatic carbocycles. The highest BCUT2D eigenvalue weighted by Gasteiger charge is 2.42. The Morgan fingerprint density at radius 2 is 1.79 bits per heavy atom. The number of alkyl halides is 3. The van der Waals surface area contributed by atoms with Crippen molar-refractivity contribution < 1.29 is 27.5 Å². The van der Waals surface area contributed by atoms with Gasteiger partial charge in [0.05, 0.1) is 30.0 Å². The van der Waals surface area contributed by atoms with E-state index < -0.39 is 23.3 Å². The van der Waals surface area contributed by atoms with E-state index in [9.17, 15) is 22.8 Å². The van der Waals surface area contributed by atoms with Crippen molar-refractivity contribution in [2.75, 3.05) is 19.7 Å². The van der Waals surface area contributed by atoms with E-state index in [1.54, 1.807) is 19.1 Å². The van der Waals surface area contributed by atoms with E-state index in [2.05, 4.69) is 5.10 Å². The molecular weight excluding hydrogens is 387 g/mol. The first kappa shape index (κ1) is 20.9. The van der Waals surface area contributed by atoms with Gasteiger partial charge in [0.25, 0.3) is 5.91 Å². The molecule has 0 atom stereocenters. The van der Waals surface area contributed by atoms with Gasteiger partial charge >= 0.3 is 12.1 Å². The molecule has 3 rings (SSSR count). The topological polar surface area (TPSA) is 64.4 Å². The van der Waals surface area contributed by atoms with Crippen molar-refractivity contribution in [3.05, 3.63) is 47.3 Å². The third-order valence-corrected chi connectivity index (χ3v) is 4.95. The number of likely N-dealkylation sites (tertiary alicyclic amines) is 1. The molecule has 0 bridgehead atoms. The van der Waals surface area contributed by atoms with E-state index in [0.29, 0.717) is 12.8 Å². The fraction of sp³-hybridized carbons (Fsp3) is 0.450. The zero-order chi connectivity index (χ0) is 21.2. The lowest BCUT2D eigenvalue weighted by molar-refractivity contribution is -0.149. The lowest BCUT2D eigenvalue weighted by Gasteiger charge is -2.31. The van der Waals surface area contributed by atoms with Gasteiger partial charge in [-0.15, -0.1) is 0 Å². The van der Waals surface area contributed by atoms with Crippen LogP contribution in [-0.2, 0) is 15.7 Å². The summed E-state index contributed by atoms with van der Waals surface area (Å²) in [4.78, 5) is 26.0. The van der Waals surface area contributed by atoms with Crippen molar-refractivity contribution >= 4 is 11.9 Å². The molecule has 6 nitrogen and oxygen atoms in total. The first-order valence-corrected chi connectivity index (χ1v) is 9.40. The van der Waals surface area contributed by atoms with Crippen LogP contribution in [0.2, 0.25) is 0 Å². The normalized spacial score (nSPS) is 15.4. The van der Waals surface area contributed by atoms with Crippen molar-refractivity contribution in [1.29, 1.82) is 0 Å². The summed E-state index contributed by atoms with van der Waals surface area (Å²) in [6.45, 7) is 4.18. The van der Waals surface area contributed by atoms with E-state index >= 15 is 0 Å². The number of benzene rings is 1. The Balaban J connectivity index is 1.85. The summed E-state index contributed by atoms with van der Waals surface area (Å²) < 4.78 is 47.1. The number of aromatic nitrogens is 2. The van der Waals surface area contributed by atoms with Crippen LogP contribution in [0.5, 0.6) is 0 Å². The highest BCUT2D eigenvalue weighted by Crippen LogP contribution is 2.34. The molecule has 1 amide bonds. The van der Waals surface area contributed by atoms with Gasteiger partial charge < -0.3 is 9.64 Å². The molecule has 0 saturated carbocycles. The largest absolute Gasteiger partial charge is 0.466 e. The third-order valence-electron chi connectivity index (χ3n) is 4.95. The van der Waals surface area contributed by atoms with E-state index in [1.807, 2.05) is 6.92 Å². The number of hydrogen-bond acceptors (Lipinski definition) is 4. The van der Waals surface area contributed by atoms with Crippen molar-refractivity contribution in [2.45, 2.75) is 32.9 Å². The van der Waals surface area contributed by atoms with Gasteiger partial charge in [0.1, 0.15) is 0 Å². The molecule has 1 aromatic heterocycles. The molecule has 1 aliphatic rings. The second-order valence-corrected chi connectivity index (χ2v) is 6.97. The van der Waals surface area contributed by atoms with Crippen LogP contribution in [-0.4, -0.2) is 46.3 Å². The molecule has 0 aliphatic carbocycles. The molecule has 0 radical (unpaired) electrons. The van der Waals surface area contributed by atoms with Crippen LogP contribution in [0.3, 0.4) is 0 Å². The lowest BCUT2D eigenvalue weighted by Crippen LogP contribution is -2.41. The van der Waals surface area contributed by atoms with Crippen LogP contribution in [0.25, 0.3) is 5.69 Å². The van der Waals surface area contributed by atoms with Gasteiger partial charge in [0.2, 0.25) is 0 Å². The maximum atomic E-state index is 13.8. The summed E-state index contributed by atoms with van der Waals surface area (Å²) in [7, 11) is 0. The highest BCUT2D eigenvalue weighted by molar-refractivity contribution is 5.95. The summed E-state index contributed by atoms with van der Waals surface area (Å²) in [5, 5.41) is 3.84. The molecular formula is C20H22F3N3O3. The Hall–Kier alpha value is -2.84. The zero-order valence-electron chi connectivity index (χ0n) is 16.2. The Morgan fingerprint density at radius 1 is 1.17 bits per heavy atom. The number of hydrogen-bond donors (Lipinski definition) is 0. The van der Waals surface area contributed by atoms with Crippen LogP contribution in [0.15, 0.2) is 30.5 Å². The van der Waals surface area contributed by atoms with Gasteiger partial charge in [0, 0.05) is 13.1 Å². The molecule has 2 aromatic rings. The average molecular weight is 409 g/mol. The zero-order valence-corrected chi connectivity index (χ0v) is 16.2. The number of esters is 1. The van der Waals surface area contributed by atoms with Gasteiger partial charge in [-0.2, -0.15) is 18.3 Å². The third kappa shape index (κ3) is 4.44. The molecule has 9 heteroatoms. The standard InChI is InChI=1S/C20H22F3N3O3/c1-3-29-19(28)14-8-10-25(11-9-14)18(27)16-12-24-26(17(16)20(21,22)23)15-6-4-13(2)5-7-15/h4-7,12,14H,3,8-11H2,1-2H3. The van der Waals surface area contributed by atoms with Gasteiger partial charge in [-0.3, -0.25) is 9.59 Å². The lowest BCUT2D eigenvalue weighted by atomic mass is 9.96. The smallest absolute Gasteiger partial charge is 0.434 e. The van der Waals surface area contributed by atoms with Gasteiger partial charge in [-0.1, -0.05) is 17.7 Å². The number of nitrogens with zero attached hydrogens (tertiary/aromatic N) is 3. The fourth-order valence-corrected chi connectivity index (χ4v) is 3.41. The summed E-state index contributed by atoms with van der Waals surface area (Å²) in [6.07, 6.45) is -3.08. The van der Waals surface area contributed by atoms with Crippen molar-refractivity contribution in [3.8, 4) is 5.69 Å². The predicted octanol–water partition coefficient (Wildman–Crippen LogP) is 3.61. The predicted molar refractivity (Wildman–Crippen MR) is 98.6 cm³/mol. The molecule has 1 saturated heterocycles. The minimum Gasteiger partial charge on any atom is -0.466 e. The number of amides is 1. The summed E-state index contributed by atoms with van der Waals surface area (Å²) in [5.41, 5.74) is -0.468. The van der Waals surface area contributed by atoms with E-state index in [1.165, 1.54) is 17.0 Å². The Bertz CT molecular complexity index is 883. The summed E-state index contributed by atoms with van der Waals surface area (Å²) >= 11 is 0. The fourth-order valence-electron chi connectivity index (χ4n) is 3.41. The van der Waals surface area contributed by atoms with Crippen molar-refractivity contribution in [3.63, 3.8) is 0 Å². The quantitative estimate of drug-likeness (QED) is 0.724.